The predicted molar refractivity (Wildman–Crippen MR) is 87.2 cm³/mol. The fourth-order valence-electron chi connectivity index (χ4n) is 2.19. The second kappa shape index (κ2) is 6.97. The van der Waals surface area contributed by atoms with Crippen LogP contribution < -0.4 is 4.74 Å². The number of benzene rings is 2. The summed E-state index contributed by atoms with van der Waals surface area (Å²) in [5, 5.41) is 11.2. The van der Waals surface area contributed by atoms with Gasteiger partial charge < -0.3 is 9.84 Å². The Balaban J connectivity index is 2.31. The third-order valence-electron chi connectivity index (χ3n) is 3.55. The summed E-state index contributed by atoms with van der Waals surface area (Å²) in [6.45, 7) is 6.76. The van der Waals surface area contributed by atoms with Gasteiger partial charge in [0.25, 0.3) is 0 Å². The van der Waals surface area contributed by atoms with Crippen LogP contribution in [0.4, 0.5) is 0 Å². The third-order valence-corrected chi connectivity index (χ3v) is 3.88. The monoisotopic (exact) mass is 304 g/mol. The number of hydrogen-bond acceptors (Lipinski definition) is 2. The van der Waals surface area contributed by atoms with Crippen LogP contribution in [0.5, 0.6) is 5.75 Å². The zero-order valence-corrected chi connectivity index (χ0v) is 13.4. The van der Waals surface area contributed by atoms with Crippen molar-refractivity contribution in [3.05, 3.63) is 63.7 Å². The minimum Gasteiger partial charge on any atom is -0.494 e. The highest BCUT2D eigenvalue weighted by Gasteiger charge is 2.15. The molecule has 21 heavy (non-hydrogen) atoms. The minimum absolute atomic E-state index is 0.588. The summed E-state index contributed by atoms with van der Waals surface area (Å²) in [4.78, 5) is 0. The van der Waals surface area contributed by atoms with Gasteiger partial charge in [-0.05, 0) is 55.2 Å². The van der Waals surface area contributed by atoms with Crippen molar-refractivity contribution in [1.82, 2.24) is 0 Å². The van der Waals surface area contributed by atoms with Crippen molar-refractivity contribution in [3.8, 4) is 5.75 Å². The van der Waals surface area contributed by atoms with E-state index < -0.39 is 6.10 Å². The van der Waals surface area contributed by atoms with Crippen LogP contribution in [0.15, 0.2) is 36.4 Å². The van der Waals surface area contributed by atoms with Crippen molar-refractivity contribution < 1.29 is 9.84 Å². The molecule has 0 aliphatic carbocycles. The first-order valence-corrected chi connectivity index (χ1v) is 7.58. The highest BCUT2D eigenvalue weighted by atomic mass is 35.5. The SMILES string of the molecule is CCCOc1cccc(C(O)c2cc(C)c(C)cc2Cl)c1. The molecule has 2 nitrogen and oxygen atoms in total. The Morgan fingerprint density at radius 3 is 2.57 bits per heavy atom. The van der Waals surface area contributed by atoms with Crippen LogP contribution in [-0.2, 0) is 0 Å². The van der Waals surface area contributed by atoms with Crippen molar-refractivity contribution in [2.45, 2.75) is 33.3 Å². The van der Waals surface area contributed by atoms with Crippen molar-refractivity contribution >= 4 is 11.6 Å². The van der Waals surface area contributed by atoms with E-state index in [9.17, 15) is 5.11 Å². The van der Waals surface area contributed by atoms with Gasteiger partial charge in [0, 0.05) is 10.6 Å². The van der Waals surface area contributed by atoms with Crippen LogP contribution in [0.1, 0.15) is 41.7 Å². The fraction of sp³-hybridized carbons (Fsp3) is 0.333. The quantitative estimate of drug-likeness (QED) is 0.857. The molecule has 112 valence electrons. The molecule has 2 aromatic rings. The summed E-state index contributed by atoms with van der Waals surface area (Å²) in [6, 6.07) is 11.4. The molecule has 0 heterocycles. The molecule has 3 heteroatoms. The van der Waals surface area contributed by atoms with Gasteiger partial charge in [-0.1, -0.05) is 36.7 Å². The van der Waals surface area contributed by atoms with Crippen molar-refractivity contribution in [1.29, 1.82) is 0 Å². The molecule has 0 radical (unpaired) electrons. The number of hydrogen-bond donors (Lipinski definition) is 1. The largest absolute Gasteiger partial charge is 0.494 e. The average Bonchev–Trinajstić information content (AvgIpc) is 2.48. The van der Waals surface area contributed by atoms with Gasteiger partial charge in [0.15, 0.2) is 0 Å². The van der Waals surface area contributed by atoms with E-state index in [2.05, 4.69) is 6.92 Å². The Morgan fingerprint density at radius 1 is 1.14 bits per heavy atom. The second-order valence-electron chi connectivity index (χ2n) is 5.28. The molecule has 0 fully saturated rings. The molecule has 0 amide bonds. The average molecular weight is 305 g/mol. The molecule has 0 saturated carbocycles. The van der Waals surface area contributed by atoms with Crippen molar-refractivity contribution in [3.63, 3.8) is 0 Å². The summed E-state index contributed by atoms with van der Waals surface area (Å²) in [6.07, 6.45) is 0.206. The fourth-order valence-corrected chi connectivity index (χ4v) is 2.51. The van der Waals surface area contributed by atoms with Crippen molar-refractivity contribution in [2.24, 2.45) is 0 Å². The highest BCUT2D eigenvalue weighted by molar-refractivity contribution is 6.31. The molecule has 0 aliphatic heterocycles. The molecule has 0 aromatic heterocycles. The number of aliphatic hydroxyl groups excluding tert-OH is 1. The highest BCUT2D eigenvalue weighted by Crippen LogP contribution is 2.31. The number of ether oxygens (including phenoxy) is 1. The molecule has 2 aromatic carbocycles. The lowest BCUT2D eigenvalue weighted by atomic mass is 9.97. The molecule has 1 unspecified atom stereocenters. The van der Waals surface area contributed by atoms with Crippen LogP contribution in [0.2, 0.25) is 5.02 Å². The van der Waals surface area contributed by atoms with Gasteiger partial charge in [-0.15, -0.1) is 0 Å². The first-order chi connectivity index (χ1) is 10.0. The van der Waals surface area contributed by atoms with E-state index in [1.54, 1.807) is 0 Å². The lowest BCUT2D eigenvalue weighted by Crippen LogP contribution is -2.03. The maximum Gasteiger partial charge on any atom is 0.119 e. The molecule has 0 aliphatic rings. The normalized spacial score (nSPS) is 12.2. The smallest absolute Gasteiger partial charge is 0.119 e. The molecule has 0 spiro atoms. The molecular formula is C18H21ClO2. The van der Waals surface area contributed by atoms with Crippen LogP contribution in [0.3, 0.4) is 0 Å². The van der Waals surface area contributed by atoms with E-state index in [-0.39, 0.29) is 0 Å². The van der Waals surface area contributed by atoms with Gasteiger partial charge in [-0.3, -0.25) is 0 Å². The number of aryl methyl sites for hydroxylation is 2. The van der Waals surface area contributed by atoms with Gasteiger partial charge in [-0.2, -0.15) is 0 Å². The third kappa shape index (κ3) is 3.78. The Labute approximate surface area is 131 Å². The Bertz CT molecular complexity index is 623. The standard InChI is InChI=1S/C18H21ClO2/c1-4-8-21-15-7-5-6-14(11-15)18(20)16-9-12(2)13(3)10-17(16)19/h5-7,9-11,18,20H,4,8H2,1-3H3. The van der Waals surface area contributed by atoms with E-state index >= 15 is 0 Å². The summed E-state index contributed by atoms with van der Waals surface area (Å²) in [7, 11) is 0. The molecule has 1 atom stereocenters. The summed E-state index contributed by atoms with van der Waals surface area (Å²) >= 11 is 6.28. The zero-order chi connectivity index (χ0) is 15.4. The lowest BCUT2D eigenvalue weighted by Gasteiger charge is -2.16. The minimum atomic E-state index is -0.748. The molecule has 0 bridgehead atoms. The first kappa shape index (κ1) is 15.9. The Hall–Kier alpha value is -1.51. The second-order valence-corrected chi connectivity index (χ2v) is 5.69. The summed E-state index contributed by atoms with van der Waals surface area (Å²) in [5.41, 5.74) is 3.75. The molecular weight excluding hydrogens is 284 g/mol. The van der Waals surface area contributed by atoms with Gasteiger partial charge in [0.05, 0.1) is 6.61 Å². The van der Waals surface area contributed by atoms with Gasteiger partial charge in [-0.25, -0.2) is 0 Å². The van der Waals surface area contributed by atoms with Gasteiger partial charge in [0.1, 0.15) is 11.9 Å². The first-order valence-electron chi connectivity index (χ1n) is 7.20. The van der Waals surface area contributed by atoms with Crippen LogP contribution in [0.25, 0.3) is 0 Å². The van der Waals surface area contributed by atoms with Gasteiger partial charge in [0.2, 0.25) is 0 Å². The van der Waals surface area contributed by atoms with E-state index in [1.807, 2.05) is 50.2 Å². The Morgan fingerprint density at radius 2 is 1.86 bits per heavy atom. The molecule has 2 rings (SSSR count). The van der Waals surface area contributed by atoms with E-state index in [0.29, 0.717) is 11.6 Å². The topological polar surface area (TPSA) is 29.5 Å². The van der Waals surface area contributed by atoms with Crippen molar-refractivity contribution in [2.75, 3.05) is 6.61 Å². The van der Waals surface area contributed by atoms with E-state index in [0.717, 1.165) is 34.4 Å². The van der Waals surface area contributed by atoms with Crippen LogP contribution >= 0.6 is 11.6 Å². The molecule has 1 N–H and O–H groups in total. The predicted octanol–water partition coefficient (Wildman–Crippen LogP) is 4.83. The number of halogens is 1. The van der Waals surface area contributed by atoms with E-state index in [1.165, 1.54) is 0 Å². The van der Waals surface area contributed by atoms with Crippen LogP contribution in [0, 0.1) is 13.8 Å². The summed E-state index contributed by atoms with van der Waals surface area (Å²) < 4.78 is 5.61. The lowest BCUT2D eigenvalue weighted by molar-refractivity contribution is 0.219. The Kier molecular flexibility index (Phi) is 5.27. The maximum atomic E-state index is 10.6. The van der Waals surface area contributed by atoms with E-state index in [4.69, 9.17) is 16.3 Å². The summed E-state index contributed by atoms with van der Waals surface area (Å²) in [5.74, 6) is 0.772. The molecule has 0 saturated heterocycles. The number of aliphatic hydroxyl groups is 1. The van der Waals surface area contributed by atoms with Crippen LogP contribution in [-0.4, -0.2) is 11.7 Å². The zero-order valence-electron chi connectivity index (χ0n) is 12.7. The maximum absolute atomic E-state index is 10.6. The number of rotatable bonds is 5. The van der Waals surface area contributed by atoms with Gasteiger partial charge >= 0.3 is 0 Å².